The zero-order valence-corrected chi connectivity index (χ0v) is 20.4. The molecular formula is C25H29F3N6O2. The fourth-order valence-electron chi connectivity index (χ4n) is 4.32. The Morgan fingerprint density at radius 2 is 1.78 bits per heavy atom. The van der Waals surface area contributed by atoms with Crippen LogP contribution in [-0.2, 0) is 18.0 Å². The number of halogens is 3. The lowest BCUT2D eigenvalue weighted by atomic mass is 10.1. The molecule has 1 aromatic carbocycles. The molecule has 0 N–H and O–H groups in total. The van der Waals surface area contributed by atoms with Gasteiger partial charge in [0.2, 0.25) is 0 Å². The van der Waals surface area contributed by atoms with Gasteiger partial charge in [-0.2, -0.15) is 18.4 Å². The first-order chi connectivity index (χ1) is 17.3. The normalized spacial score (nSPS) is 15.3. The van der Waals surface area contributed by atoms with E-state index in [1.807, 2.05) is 6.07 Å². The number of rotatable bonds is 9. The standard InChI is InChI=1S/C25H29F3N6O2/c1-32-17-30-24-21(16-29)31-20(15-22(24)32)18-4-5-23(19(14-18)25(26,27)28)36-12-3-6-33-7-9-34(10-8-33)11-13-35-2/h4-5,14-15,17H,3,6-13H2,1-2H3. The largest absolute Gasteiger partial charge is 0.493 e. The zero-order valence-electron chi connectivity index (χ0n) is 20.4. The summed E-state index contributed by atoms with van der Waals surface area (Å²) in [7, 11) is 3.44. The van der Waals surface area contributed by atoms with Crippen LogP contribution in [0, 0.1) is 11.3 Å². The monoisotopic (exact) mass is 502 g/mol. The molecule has 0 amide bonds. The number of alkyl halides is 3. The summed E-state index contributed by atoms with van der Waals surface area (Å²) in [6, 6.07) is 7.50. The van der Waals surface area contributed by atoms with Gasteiger partial charge in [-0.05, 0) is 30.7 Å². The Morgan fingerprint density at radius 1 is 1.06 bits per heavy atom. The van der Waals surface area contributed by atoms with E-state index in [4.69, 9.17) is 9.47 Å². The lowest BCUT2D eigenvalue weighted by Crippen LogP contribution is -2.47. The topological polar surface area (TPSA) is 79.4 Å². The Bertz CT molecular complexity index is 1230. The van der Waals surface area contributed by atoms with Crippen molar-refractivity contribution in [2.45, 2.75) is 12.6 Å². The molecule has 0 spiro atoms. The number of piperazine rings is 1. The van der Waals surface area contributed by atoms with Gasteiger partial charge in [-0.15, -0.1) is 0 Å². The molecule has 0 aliphatic carbocycles. The summed E-state index contributed by atoms with van der Waals surface area (Å²) < 4.78 is 54.1. The van der Waals surface area contributed by atoms with Crippen molar-refractivity contribution >= 4 is 11.0 Å². The average Bonchev–Trinajstić information content (AvgIpc) is 3.25. The molecule has 0 unspecified atom stereocenters. The van der Waals surface area contributed by atoms with E-state index in [0.29, 0.717) is 24.1 Å². The Labute approximate surface area is 207 Å². The van der Waals surface area contributed by atoms with Crippen molar-refractivity contribution in [2.24, 2.45) is 7.05 Å². The highest BCUT2D eigenvalue weighted by molar-refractivity contribution is 5.84. The van der Waals surface area contributed by atoms with Gasteiger partial charge >= 0.3 is 6.18 Å². The van der Waals surface area contributed by atoms with Crippen LogP contribution in [0.15, 0.2) is 30.6 Å². The Hall–Kier alpha value is -3.20. The lowest BCUT2D eigenvalue weighted by Gasteiger charge is -2.34. The third-order valence-electron chi connectivity index (χ3n) is 6.35. The van der Waals surface area contributed by atoms with Crippen molar-refractivity contribution in [3.63, 3.8) is 0 Å². The molecule has 0 bridgehead atoms. The van der Waals surface area contributed by atoms with E-state index in [1.165, 1.54) is 18.5 Å². The molecule has 0 radical (unpaired) electrons. The second-order valence-electron chi connectivity index (χ2n) is 8.78. The minimum absolute atomic E-state index is 0.0662. The van der Waals surface area contributed by atoms with Gasteiger partial charge in [0.05, 0.1) is 36.3 Å². The van der Waals surface area contributed by atoms with Crippen molar-refractivity contribution in [1.82, 2.24) is 24.3 Å². The second-order valence-corrected chi connectivity index (χ2v) is 8.78. The Kier molecular flexibility index (Phi) is 8.08. The van der Waals surface area contributed by atoms with Crippen LogP contribution >= 0.6 is 0 Å². The minimum Gasteiger partial charge on any atom is -0.493 e. The summed E-state index contributed by atoms with van der Waals surface area (Å²) in [6.07, 6.45) is -2.43. The maximum absolute atomic E-state index is 13.9. The molecule has 0 atom stereocenters. The van der Waals surface area contributed by atoms with Crippen LogP contribution in [0.25, 0.3) is 22.3 Å². The highest BCUT2D eigenvalue weighted by atomic mass is 19.4. The number of hydrogen-bond acceptors (Lipinski definition) is 7. The number of aromatic nitrogens is 3. The predicted octanol–water partition coefficient (Wildman–Crippen LogP) is 3.56. The van der Waals surface area contributed by atoms with E-state index >= 15 is 0 Å². The van der Waals surface area contributed by atoms with Gasteiger partial charge in [0.1, 0.15) is 17.3 Å². The summed E-state index contributed by atoms with van der Waals surface area (Å²) in [5.74, 6) is -0.210. The fourth-order valence-corrected chi connectivity index (χ4v) is 4.32. The predicted molar refractivity (Wildman–Crippen MR) is 129 cm³/mol. The maximum Gasteiger partial charge on any atom is 0.419 e. The smallest absolute Gasteiger partial charge is 0.419 e. The molecule has 192 valence electrons. The van der Waals surface area contributed by atoms with Crippen molar-refractivity contribution in [1.29, 1.82) is 5.26 Å². The number of fused-ring (bicyclic) bond motifs is 1. The molecule has 36 heavy (non-hydrogen) atoms. The van der Waals surface area contributed by atoms with E-state index in [0.717, 1.165) is 45.3 Å². The summed E-state index contributed by atoms with van der Waals surface area (Å²) in [5.41, 5.74) is 0.750. The summed E-state index contributed by atoms with van der Waals surface area (Å²) in [5, 5.41) is 9.43. The molecule has 3 aromatic rings. The van der Waals surface area contributed by atoms with E-state index in [9.17, 15) is 18.4 Å². The van der Waals surface area contributed by atoms with E-state index in [-0.39, 0.29) is 29.3 Å². The van der Waals surface area contributed by atoms with E-state index in [2.05, 4.69) is 19.8 Å². The Morgan fingerprint density at radius 3 is 2.44 bits per heavy atom. The average molecular weight is 503 g/mol. The number of ether oxygens (including phenoxy) is 2. The highest BCUT2D eigenvalue weighted by Crippen LogP contribution is 2.39. The van der Waals surface area contributed by atoms with Gasteiger partial charge in [0, 0.05) is 59.0 Å². The van der Waals surface area contributed by atoms with Crippen LogP contribution in [0.3, 0.4) is 0 Å². The first kappa shape index (κ1) is 25.9. The molecule has 1 saturated heterocycles. The van der Waals surface area contributed by atoms with Crippen LogP contribution in [0.5, 0.6) is 5.75 Å². The van der Waals surface area contributed by atoms with Gasteiger partial charge in [-0.25, -0.2) is 9.97 Å². The van der Waals surface area contributed by atoms with Gasteiger partial charge in [-0.3, -0.25) is 4.90 Å². The molecule has 4 rings (SSSR count). The van der Waals surface area contributed by atoms with Crippen molar-refractivity contribution < 1.29 is 22.6 Å². The number of benzene rings is 1. The third-order valence-corrected chi connectivity index (χ3v) is 6.35. The molecular weight excluding hydrogens is 473 g/mol. The summed E-state index contributed by atoms with van der Waals surface area (Å²) in [4.78, 5) is 13.0. The summed E-state index contributed by atoms with van der Waals surface area (Å²) >= 11 is 0. The third kappa shape index (κ3) is 5.95. The SMILES string of the molecule is COCCN1CCN(CCCOc2ccc(-c3cc4c(ncn4C)c(C#N)n3)cc2C(F)(F)F)CC1. The molecule has 1 fully saturated rings. The molecule has 3 heterocycles. The minimum atomic E-state index is -4.60. The van der Waals surface area contributed by atoms with Crippen molar-refractivity contribution in [3.05, 3.63) is 41.9 Å². The Balaban J connectivity index is 1.42. The number of imidazole rings is 1. The highest BCUT2D eigenvalue weighted by Gasteiger charge is 2.35. The van der Waals surface area contributed by atoms with Gasteiger partial charge < -0.3 is 18.9 Å². The zero-order chi connectivity index (χ0) is 25.7. The quantitative estimate of drug-likeness (QED) is 0.414. The molecule has 8 nitrogen and oxygen atoms in total. The first-order valence-corrected chi connectivity index (χ1v) is 11.8. The first-order valence-electron chi connectivity index (χ1n) is 11.8. The molecule has 0 saturated carbocycles. The number of nitriles is 1. The van der Waals surface area contributed by atoms with Crippen LogP contribution in [-0.4, -0.2) is 83.9 Å². The maximum atomic E-state index is 13.9. The van der Waals surface area contributed by atoms with Crippen molar-refractivity contribution in [2.75, 3.05) is 59.6 Å². The molecule has 11 heteroatoms. The van der Waals surface area contributed by atoms with E-state index < -0.39 is 11.7 Å². The molecule has 2 aromatic heterocycles. The number of pyridine rings is 1. The fraction of sp³-hybridized carbons (Fsp3) is 0.480. The number of nitrogens with zero attached hydrogens (tertiary/aromatic N) is 6. The molecule has 1 aliphatic rings. The van der Waals surface area contributed by atoms with Crippen LogP contribution in [0.2, 0.25) is 0 Å². The molecule has 1 aliphatic heterocycles. The second kappa shape index (κ2) is 11.2. The van der Waals surface area contributed by atoms with Crippen LogP contribution < -0.4 is 4.74 Å². The number of hydrogen-bond donors (Lipinski definition) is 0. The van der Waals surface area contributed by atoms with Crippen molar-refractivity contribution in [3.8, 4) is 23.1 Å². The van der Waals surface area contributed by atoms with Gasteiger partial charge in [0.15, 0.2) is 5.69 Å². The lowest BCUT2D eigenvalue weighted by molar-refractivity contribution is -0.138. The van der Waals surface area contributed by atoms with Crippen LogP contribution in [0.1, 0.15) is 17.7 Å². The van der Waals surface area contributed by atoms with Gasteiger partial charge in [0.25, 0.3) is 0 Å². The summed E-state index contributed by atoms with van der Waals surface area (Å²) in [6.45, 7) is 6.32. The van der Waals surface area contributed by atoms with E-state index in [1.54, 1.807) is 24.8 Å². The number of aryl methyl sites for hydroxylation is 1. The van der Waals surface area contributed by atoms with Gasteiger partial charge in [-0.1, -0.05) is 0 Å². The van der Waals surface area contributed by atoms with Crippen LogP contribution in [0.4, 0.5) is 13.2 Å². The number of methoxy groups -OCH3 is 1.